The second-order valence-corrected chi connectivity index (χ2v) is 7.30. The van der Waals surface area contributed by atoms with Crippen molar-refractivity contribution in [3.05, 3.63) is 71.5 Å². The molecule has 1 aliphatic carbocycles. The van der Waals surface area contributed by atoms with Gasteiger partial charge in [0.1, 0.15) is 11.9 Å². The van der Waals surface area contributed by atoms with Gasteiger partial charge in [-0.1, -0.05) is 42.5 Å². The molecular weight excluding hydrogens is 329 g/mol. The van der Waals surface area contributed by atoms with E-state index in [0.29, 0.717) is 18.9 Å². The maximum Gasteiger partial charge on any atom is 0.223 e. The molecule has 1 saturated carbocycles. The highest BCUT2D eigenvalue weighted by molar-refractivity contribution is 5.78. The molecule has 0 unspecified atom stereocenters. The van der Waals surface area contributed by atoms with Crippen LogP contribution in [0.3, 0.4) is 0 Å². The Morgan fingerprint density at radius 2 is 1.77 bits per heavy atom. The summed E-state index contributed by atoms with van der Waals surface area (Å²) in [4.78, 5) is 14.5. The molecule has 2 fully saturated rings. The Labute approximate surface area is 153 Å². The van der Waals surface area contributed by atoms with Crippen LogP contribution in [0.4, 0.5) is 4.39 Å². The molecule has 2 aliphatic rings. The number of ether oxygens (including phenoxy) is 1. The lowest BCUT2D eigenvalue weighted by atomic mass is 9.94. The molecule has 0 aromatic heterocycles. The second kappa shape index (κ2) is 7.58. The number of likely N-dealkylation sites (tertiary alicyclic amines) is 1. The van der Waals surface area contributed by atoms with Crippen LogP contribution < -0.4 is 0 Å². The van der Waals surface area contributed by atoms with Crippen LogP contribution >= 0.6 is 0 Å². The Morgan fingerprint density at radius 1 is 1.04 bits per heavy atom. The number of carbonyl (C=O) groups is 1. The average Bonchev–Trinajstić information content (AvgIpc) is 3.41. The van der Waals surface area contributed by atoms with Gasteiger partial charge in [-0.25, -0.2) is 4.39 Å². The molecule has 2 aromatic rings. The minimum atomic E-state index is -0.291. The van der Waals surface area contributed by atoms with Crippen molar-refractivity contribution < 1.29 is 13.9 Å². The summed E-state index contributed by atoms with van der Waals surface area (Å²) in [5, 5.41) is 0. The Kier molecular flexibility index (Phi) is 5.02. The average molecular weight is 353 g/mol. The van der Waals surface area contributed by atoms with Gasteiger partial charge in [-0.3, -0.25) is 4.79 Å². The maximum absolute atomic E-state index is 13.5. The first-order valence-electron chi connectivity index (χ1n) is 9.44. The third-order valence-corrected chi connectivity index (χ3v) is 5.28. The summed E-state index contributed by atoms with van der Waals surface area (Å²) in [6, 6.07) is 16.4. The van der Waals surface area contributed by atoms with Crippen LogP contribution in [0.5, 0.6) is 0 Å². The van der Waals surface area contributed by atoms with Gasteiger partial charge >= 0.3 is 0 Å². The quantitative estimate of drug-likeness (QED) is 0.725. The van der Waals surface area contributed by atoms with Crippen molar-refractivity contribution in [3.63, 3.8) is 0 Å². The maximum atomic E-state index is 13.5. The monoisotopic (exact) mass is 353 g/mol. The standard InChI is InChI=1S/C22H24FNO2/c23-19-12-10-18(11-13-19)22(26-15-16-8-9-16)21(17-5-2-1-3-6-17)24-14-4-7-20(24)25/h1-3,5-6,10-13,16,21-22H,4,7-9,14-15H2/t21-,22+/m1/s1. The molecule has 0 spiro atoms. The van der Waals surface area contributed by atoms with E-state index in [1.165, 1.54) is 25.0 Å². The largest absolute Gasteiger partial charge is 0.371 e. The van der Waals surface area contributed by atoms with Crippen LogP contribution in [0, 0.1) is 11.7 Å². The predicted molar refractivity (Wildman–Crippen MR) is 97.9 cm³/mol. The highest BCUT2D eigenvalue weighted by Crippen LogP contribution is 2.41. The molecule has 0 radical (unpaired) electrons. The number of hydrogen-bond acceptors (Lipinski definition) is 2. The van der Waals surface area contributed by atoms with Crippen LogP contribution in [-0.2, 0) is 9.53 Å². The topological polar surface area (TPSA) is 29.5 Å². The highest BCUT2D eigenvalue weighted by atomic mass is 19.1. The summed E-state index contributed by atoms with van der Waals surface area (Å²) in [5.74, 6) is 0.521. The van der Waals surface area contributed by atoms with Crippen molar-refractivity contribution in [1.29, 1.82) is 0 Å². The summed E-state index contributed by atoms with van der Waals surface area (Å²) >= 11 is 0. The van der Waals surface area contributed by atoms with E-state index < -0.39 is 0 Å². The van der Waals surface area contributed by atoms with Crippen LogP contribution in [0.25, 0.3) is 0 Å². The summed E-state index contributed by atoms with van der Waals surface area (Å²) in [7, 11) is 0. The van der Waals surface area contributed by atoms with Crippen LogP contribution in [0.1, 0.15) is 49.0 Å². The fourth-order valence-corrected chi connectivity index (χ4v) is 3.68. The number of benzene rings is 2. The van der Waals surface area contributed by atoms with Gasteiger partial charge in [0.15, 0.2) is 0 Å². The smallest absolute Gasteiger partial charge is 0.223 e. The molecule has 1 heterocycles. The van der Waals surface area contributed by atoms with E-state index >= 15 is 0 Å². The molecule has 3 nitrogen and oxygen atoms in total. The Hall–Kier alpha value is -2.20. The summed E-state index contributed by atoms with van der Waals surface area (Å²) < 4.78 is 19.8. The van der Waals surface area contributed by atoms with Crippen molar-refractivity contribution in [2.45, 2.75) is 37.8 Å². The summed E-state index contributed by atoms with van der Waals surface area (Å²) in [5.41, 5.74) is 1.98. The summed E-state index contributed by atoms with van der Waals surface area (Å²) in [6.07, 6.45) is 3.58. The van der Waals surface area contributed by atoms with Crippen molar-refractivity contribution in [2.75, 3.05) is 13.2 Å². The number of rotatable bonds is 7. The molecule has 1 saturated heterocycles. The van der Waals surface area contributed by atoms with E-state index in [1.54, 1.807) is 12.1 Å². The fraction of sp³-hybridized carbons (Fsp3) is 0.409. The van der Waals surface area contributed by atoms with E-state index in [0.717, 1.165) is 24.1 Å². The Bertz CT molecular complexity index is 742. The molecule has 1 amide bonds. The van der Waals surface area contributed by atoms with Gasteiger partial charge in [-0.15, -0.1) is 0 Å². The third-order valence-electron chi connectivity index (χ3n) is 5.28. The fourth-order valence-electron chi connectivity index (χ4n) is 3.68. The molecule has 2 atom stereocenters. The number of carbonyl (C=O) groups excluding carboxylic acids is 1. The van der Waals surface area contributed by atoms with Crippen molar-refractivity contribution in [3.8, 4) is 0 Å². The first-order chi connectivity index (χ1) is 12.7. The SMILES string of the molecule is O=C1CCCN1[C@H](c1ccccc1)[C@@H](OCC1CC1)c1ccc(F)cc1. The number of hydrogen-bond donors (Lipinski definition) is 0. The van der Waals surface area contributed by atoms with Gasteiger partial charge in [0.05, 0.1) is 12.6 Å². The zero-order chi connectivity index (χ0) is 17.9. The lowest BCUT2D eigenvalue weighted by molar-refractivity contribution is -0.133. The third kappa shape index (κ3) is 3.80. The molecule has 0 bridgehead atoms. The molecule has 2 aromatic carbocycles. The Morgan fingerprint density at radius 3 is 2.38 bits per heavy atom. The van der Waals surface area contributed by atoms with Crippen LogP contribution in [-0.4, -0.2) is 24.0 Å². The first-order valence-corrected chi connectivity index (χ1v) is 9.44. The normalized spacial score (nSPS) is 19.6. The van der Waals surface area contributed by atoms with Crippen LogP contribution in [0.2, 0.25) is 0 Å². The minimum absolute atomic E-state index is 0.168. The van der Waals surface area contributed by atoms with Gasteiger partial charge in [0.2, 0.25) is 5.91 Å². The van der Waals surface area contributed by atoms with E-state index in [2.05, 4.69) is 0 Å². The van der Waals surface area contributed by atoms with E-state index in [4.69, 9.17) is 4.74 Å². The van der Waals surface area contributed by atoms with Gasteiger partial charge in [-0.2, -0.15) is 0 Å². The minimum Gasteiger partial charge on any atom is -0.371 e. The van der Waals surface area contributed by atoms with Crippen molar-refractivity contribution >= 4 is 5.91 Å². The highest BCUT2D eigenvalue weighted by Gasteiger charge is 2.37. The molecule has 4 heteroatoms. The molecule has 26 heavy (non-hydrogen) atoms. The Balaban J connectivity index is 1.71. The van der Waals surface area contributed by atoms with Crippen LogP contribution in [0.15, 0.2) is 54.6 Å². The lowest BCUT2D eigenvalue weighted by Gasteiger charge is -2.35. The summed E-state index contributed by atoms with van der Waals surface area (Å²) in [6.45, 7) is 1.43. The van der Waals surface area contributed by atoms with E-state index in [-0.39, 0.29) is 23.9 Å². The second-order valence-electron chi connectivity index (χ2n) is 7.30. The molecule has 136 valence electrons. The van der Waals surface area contributed by atoms with Gasteiger partial charge in [0, 0.05) is 13.0 Å². The van der Waals surface area contributed by atoms with Gasteiger partial charge < -0.3 is 9.64 Å². The van der Waals surface area contributed by atoms with E-state index in [9.17, 15) is 9.18 Å². The number of nitrogens with zero attached hydrogens (tertiary/aromatic N) is 1. The van der Waals surface area contributed by atoms with Gasteiger partial charge in [0.25, 0.3) is 0 Å². The molecule has 1 aliphatic heterocycles. The van der Waals surface area contributed by atoms with Crippen molar-refractivity contribution in [1.82, 2.24) is 4.90 Å². The lowest BCUT2D eigenvalue weighted by Crippen LogP contribution is -2.35. The van der Waals surface area contributed by atoms with Gasteiger partial charge in [-0.05, 0) is 48.4 Å². The van der Waals surface area contributed by atoms with E-state index in [1.807, 2.05) is 35.2 Å². The molecule has 4 rings (SSSR count). The zero-order valence-electron chi connectivity index (χ0n) is 14.8. The molecule has 0 N–H and O–H groups in total. The zero-order valence-corrected chi connectivity index (χ0v) is 14.8. The van der Waals surface area contributed by atoms with Crippen molar-refractivity contribution in [2.24, 2.45) is 5.92 Å². The predicted octanol–water partition coefficient (Wildman–Crippen LogP) is 4.66. The number of amides is 1. The number of halogens is 1. The first kappa shape index (κ1) is 17.2. The molecular formula is C22H24FNO2.